The lowest BCUT2D eigenvalue weighted by molar-refractivity contribution is 0.101. The second-order valence-electron chi connectivity index (χ2n) is 5.46. The molecule has 1 N–H and O–H groups in total. The molecule has 1 amide bonds. The van der Waals surface area contributed by atoms with Gasteiger partial charge in [0.1, 0.15) is 13.2 Å². The summed E-state index contributed by atoms with van der Waals surface area (Å²) in [5, 5.41) is 5.08. The number of carbonyl (C=O) groups is 1. The molecule has 4 rings (SSSR count). The summed E-state index contributed by atoms with van der Waals surface area (Å²) >= 11 is 3.53. The van der Waals surface area contributed by atoms with Gasteiger partial charge in [-0.1, -0.05) is 40.2 Å². The van der Waals surface area contributed by atoms with E-state index in [1.165, 1.54) is 0 Å². The molecule has 0 saturated carbocycles. The summed E-state index contributed by atoms with van der Waals surface area (Å²) in [7, 11) is 0. The number of para-hydroxylation sites is 1. The maximum absolute atomic E-state index is 12.6. The zero-order valence-corrected chi connectivity index (χ0v) is 14.3. The van der Waals surface area contributed by atoms with Crippen molar-refractivity contribution < 1.29 is 14.3 Å². The van der Waals surface area contributed by atoms with Gasteiger partial charge in [-0.25, -0.2) is 0 Å². The van der Waals surface area contributed by atoms with Gasteiger partial charge in [-0.3, -0.25) is 4.79 Å². The van der Waals surface area contributed by atoms with Crippen LogP contribution in [0.25, 0.3) is 10.8 Å². The van der Waals surface area contributed by atoms with Crippen LogP contribution in [0.5, 0.6) is 11.5 Å². The molecule has 120 valence electrons. The lowest BCUT2D eigenvalue weighted by Crippen LogP contribution is -2.20. The SMILES string of the molecule is O=C(Nc1ccc2c(Br)cccc2c1)c1cccc2c1OCCO2. The van der Waals surface area contributed by atoms with Crippen LogP contribution in [0.1, 0.15) is 10.4 Å². The standard InChI is InChI=1S/C19H14BrNO3/c20-16-5-1-3-12-11-13(7-8-14(12)16)21-19(22)15-4-2-6-17-18(15)24-10-9-23-17/h1-8,11H,9-10H2,(H,21,22). The Labute approximate surface area is 147 Å². The molecule has 0 aliphatic carbocycles. The molecule has 0 aromatic heterocycles. The van der Waals surface area contributed by atoms with Crippen LogP contribution in [0, 0.1) is 0 Å². The number of anilines is 1. The lowest BCUT2D eigenvalue weighted by atomic mass is 10.1. The summed E-state index contributed by atoms with van der Waals surface area (Å²) in [5.74, 6) is 0.896. The first-order chi connectivity index (χ1) is 11.7. The molecule has 1 aliphatic heterocycles. The minimum Gasteiger partial charge on any atom is -0.486 e. The van der Waals surface area contributed by atoms with E-state index in [-0.39, 0.29) is 5.91 Å². The summed E-state index contributed by atoms with van der Waals surface area (Å²) in [5.41, 5.74) is 1.21. The third kappa shape index (κ3) is 2.71. The predicted octanol–water partition coefficient (Wildman–Crippen LogP) is 4.63. The first-order valence-corrected chi connectivity index (χ1v) is 8.40. The molecule has 3 aromatic carbocycles. The molecular formula is C19H14BrNO3. The highest BCUT2D eigenvalue weighted by Gasteiger charge is 2.20. The van der Waals surface area contributed by atoms with Crippen LogP contribution in [-0.4, -0.2) is 19.1 Å². The maximum atomic E-state index is 12.6. The van der Waals surface area contributed by atoms with E-state index in [0.717, 1.165) is 20.9 Å². The van der Waals surface area contributed by atoms with Gasteiger partial charge in [0.2, 0.25) is 0 Å². The van der Waals surface area contributed by atoms with Crippen molar-refractivity contribution in [3.05, 3.63) is 64.6 Å². The Morgan fingerprint density at radius 1 is 1.00 bits per heavy atom. The number of hydrogen-bond acceptors (Lipinski definition) is 3. The number of halogens is 1. The predicted molar refractivity (Wildman–Crippen MR) is 97.0 cm³/mol. The van der Waals surface area contributed by atoms with Gasteiger partial charge >= 0.3 is 0 Å². The highest BCUT2D eigenvalue weighted by Crippen LogP contribution is 2.34. The molecule has 0 saturated heterocycles. The topological polar surface area (TPSA) is 47.6 Å². The largest absolute Gasteiger partial charge is 0.486 e. The zero-order chi connectivity index (χ0) is 16.5. The summed E-state index contributed by atoms with van der Waals surface area (Å²) in [4.78, 5) is 12.6. The van der Waals surface area contributed by atoms with Crippen LogP contribution in [0.4, 0.5) is 5.69 Å². The third-order valence-corrected chi connectivity index (χ3v) is 4.59. The van der Waals surface area contributed by atoms with Crippen molar-refractivity contribution in [1.82, 2.24) is 0 Å². The molecule has 0 fully saturated rings. The van der Waals surface area contributed by atoms with E-state index in [1.54, 1.807) is 18.2 Å². The average molecular weight is 384 g/mol. The smallest absolute Gasteiger partial charge is 0.259 e. The normalized spacial score (nSPS) is 12.9. The summed E-state index contributed by atoms with van der Waals surface area (Å²) in [6.45, 7) is 0.943. The number of nitrogens with one attached hydrogen (secondary N) is 1. The van der Waals surface area contributed by atoms with Crippen molar-refractivity contribution in [2.75, 3.05) is 18.5 Å². The molecule has 0 unspecified atom stereocenters. The van der Waals surface area contributed by atoms with Crippen LogP contribution in [-0.2, 0) is 0 Å². The zero-order valence-electron chi connectivity index (χ0n) is 12.7. The van der Waals surface area contributed by atoms with Gasteiger partial charge in [-0.15, -0.1) is 0 Å². The van der Waals surface area contributed by atoms with E-state index < -0.39 is 0 Å². The van der Waals surface area contributed by atoms with Crippen molar-refractivity contribution in [1.29, 1.82) is 0 Å². The second-order valence-corrected chi connectivity index (χ2v) is 6.31. The van der Waals surface area contributed by atoms with Crippen LogP contribution in [0.15, 0.2) is 59.1 Å². The Bertz CT molecular complexity index is 939. The summed E-state index contributed by atoms with van der Waals surface area (Å²) in [6.07, 6.45) is 0. The molecule has 3 aromatic rings. The van der Waals surface area contributed by atoms with E-state index in [4.69, 9.17) is 9.47 Å². The Kier molecular flexibility index (Phi) is 3.86. The van der Waals surface area contributed by atoms with E-state index >= 15 is 0 Å². The highest BCUT2D eigenvalue weighted by atomic mass is 79.9. The Morgan fingerprint density at radius 2 is 1.83 bits per heavy atom. The van der Waals surface area contributed by atoms with E-state index in [0.29, 0.717) is 30.3 Å². The number of carbonyl (C=O) groups excluding carboxylic acids is 1. The Hall–Kier alpha value is -2.53. The second kappa shape index (κ2) is 6.17. The van der Waals surface area contributed by atoms with Crippen LogP contribution in [0.3, 0.4) is 0 Å². The molecule has 0 bridgehead atoms. The van der Waals surface area contributed by atoms with Crippen molar-refractivity contribution >= 4 is 38.3 Å². The van der Waals surface area contributed by atoms with Crippen molar-refractivity contribution in [3.8, 4) is 11.5 Å². The fraction of sp³-hybridized carbons (Fsp3) is 0.105. The molecule has 24 heavy (non-hydrogen) atoms. The average Bonchev–Trinajstić information content (AvgIpc) is 2.61. The minimum atomic E-state index is -0.216. The van der Waals surface area contributed by atoms with Gasteiger partial charge in [0.05, 0.1) is 5.56 Å². The molecule has 0 radical (unpaired) electrons. The molecular weight excluding hydrogens is 370 g/mol. The number of benzene rings is 3. The van der Waals surface area contributed by atoms with E-state index in [1.807, 2.05) is 36.4 Å². The maximum Gasteiger partial charge on any atom is 0.259 e. The monoisotopic (exact) mass is 383 g/mol. The van der Waals surface area contributed by atoms with Gasteiger partial charge in [-0.2, -0.15) is 0 Å². The first-order valence-electron chi connectivity index (χ1n) is 7.60. The Balaban J connectivity index is 1.65. The summed E-state index contributed by atoms with van der Waals surface area (Å²) in [6, 6.07) is 17.1. The number of rotatable bonds is 2. The molecule has 4 nitrogen and oxygen atoms in total. The van der Waals surface area contributed by atoms with Crippen LogP contribution in [0.2, 0.25) is 0 Å². The van der Waals surface area contributed by atoms with Gasteiger partial charge in [0.25, 0.3) is 5.91 Å². The van der Waals surface area contributed by atoms with Gasteiger partial charge in [-0.05, 0) is 41.1 Å². The number of fused-ring (bicyclic) bond motifs is 2. The fourth-order valence-corrected chi connectivity index (χ4v) is 3.29. The first kappa shape index (κ1) is 15.0. The molecule has 1 heterocycles. The molecule has 0 spiro atoms. The highest BCUT2D eigenvalue weighted by molar-refractivity contribution is 9.10. The number of amides is 1. The van der Waals surface area contributed by atoms with Gasteiger partial charge < -0.3 is 14.8 Å². The molecule has 1 aliphatic rings. The number of ether oxygens (including phenoxy) is 2. The fourth-order valence-electron chi connectivity index (χ4n) is 2.77. The van der Waals surface area contributed by atoms with Crippen molar-refractivity contribution in [2.24, 2.45) is 0 Å². The van der Waals surface area contributed by atoms with Crippen LogP contribution < -0.4 is 14.8 Å². The molecule has 0 atom stereocenters. The van der Waals surface area contributed by atoms with Crippen molar-refractivity contribution in [3.63, 3.8) is 0 Å². The van der Waals surface area contributed by atoms with Gasteiger partial charge in [0.15, 0.2) is 11.5 Å². The van der Waals surface area contributed by atoms with Crippen molar-refractivity contribution in [2.45, 2.75) is 0 Å². The Morgan fingerprint density at radius 3 is 2.75 bits per heavy atom. The van der Waals surface area contributed by atoms with E-state index in [9.17, 15) is 4.79 Å². The number of hydrogen-bond donors (Lipinski definition) is 1. The van der Waals surface area contributed by atoms with Gasteiger partial charge in [0, 0.05) is 10.2 Å². The molecule has 5 heteroatoms. The van der Waals surface area contributed by atoms with Crippen LogP contribution >= 0.6 is 15.9 Å². The summed E-state index contributed by atoms with van der Waals surface area (Å²) < 4.78 is 12.2. The van der Waals surface area contributed by atoms with E-state index in [2.05, 4.69) is 21.2 Å². The lowest BCUT2D eigenvalue weighted by Gasteiger charge is -2.20. The minimum absolute atomic E-state index is 0.216. The third-order valence-electron chi connectivity index (χ3n) is 3.90. The quantitative estimate of drug-likeness (QED) is 0.701.